The number of hydrogen-bond acceptors (Lipinski definition) is 2. The van der Waals surface area contributed by atoms with Crippen molar-refractivity contribution in [2.45, 2.75) is 39.2 Å². The highest BCUT2D eigenvalue weighted by Crippen LogP contribution is 2.18. The zero-order valence-corrected chi connectivity index (χ0v) is 13.7. The number of aryl methyl sites for hydroxylation is 1. The fourth-order valence-corrected chi connectivity index (χ4v) is 2.87. The van der Waals surface area contributed by atoms with E-state index in [1.807, 2.05) is 30.3 Å². The number of nitrogens with zero attached hydrogens (tertiary/aromatic N) is 2. The third-order valence-electron chi connectivity index (χ3n) is 4.06. The summed E-state index contributed by atoms with van der Waals surface area (Å²) in [4.78, 5) is 4.82. The molecular formula is C20H24N2O. The Morgan fingerprint density at radius 1 is 0.957 bits per heavy atom. The van der Waals surface area contributed by atoms with Crippen LogP contribution in [0.1, 0.15) is 32.0 Å². The van der Waals surface area contributed by atoms with Crippen LogP contribution in [0, 0.1) is 0 Å². The zero-order valence-electron chi connectivity index (χ0n) is 13.7. The Balaban J connectivity index is 1.73. The van der Waals surface area contributed by atoms with E-state index in [1.54, 1.807) is 0 Å². The van der Waals surface area contributed by atoms with Gasteiger partial charge in [0.25, 0.3) is 0 Å². The van der Waals surface area contributed by atoms with Crippen LogP contribution in [-0.2, 0) is 13.0 Å². The molecule has 3 aromatic rings. The summed E-state index contributed by atoms with van der Waals surface area (Å²) in [5, 5.41) is 0. The van der Waals surface area contributed by atoms with Crippen LogP contribution >= 0.6 is 0 Å². The van der Waals surface area contributed by atoms with Crippen LogP contribution < -0.4 is 4.74 Å². The van der Waals surface area contributed by atoms with Gasteiger partial charge in [0, 0.05) is 6.42 Å². The molecule has 0 fully saturated rings. The Bertz CT molecular complexity index is 734. The van der Waals surface area contributed by atoms with E-state index in [0.29, 0.717) is 6.61 Å². The van der Waals surface area contributed by atoms with Crippen molar-refractivity contribution >= 4 is 11.0 Å². The Labute approximate surface area is 137 Å². The van der Waals surface area contributed by atoms with Crippen LogP contribution in [0.2, 0.25) is 0 Å². The molecule has 3 heteroatoms. The average molecular weight is 308 g/mol. The molecule has 0 aliphatic heterocycles. The summed E-state index contributed by atoms with van der Waals surface area (Å²) in [5.74, 6) is 2.10. The minimum Gasteiger partial charge on any atom is -0.492 e. The molecule has 120 valence electrons. The van der Waals surface area contributed by atoms with Crippen LogP contribution in [0.5, 0.6) is 5.75 Å². The predicted octanol–water partition coefficient (Wildman–Crippen LogP) is 4.85. The van der Waals surface area contributed by atoms with Crippen LogP contribution in [0.25, 0.3) is 11.0 Å². The summed E-state index contributed by atoms with van der Waals surface area (Å²) in [6, 6.07) is 18.4. The lowest BCUT2D eigenvalue weighted by atomic mass is 10.2. The van der Waals surface area contributed by atoms with Crippen LogP contribution in [0.3, 0.4) is 0 Å². The maximum absolute atomic E-state index is 5.86. The number of aromatic nitrogens is 2. The molecule has 3 nitrogen and oxygen atoms in total. The molecule has 1 aromatic heterocycles. The number of fused-ring (bicyclic) bond motifs is 1. The SMILES string of the molecule is CCCCCc1nc2ccccc2n1CCOc1ccccc1. The second-order valence-electron chi connectivity index (χ2n) is 5.79. The summed E-state index contributed by atoms with van der Waals surface area (Å²) >= 11 is 0. The average Bonchev–Trinajstić information content (AvgIpc) is 2.94. The topological polar surface area (TPSA) is 27.1 Å². The monoisotopic (exact) mass is 308 g/mol. The molecule has 3 rings (SSSR count). The Morgan fingerprint density at radius 2 is 1.74 bits per heavy atom. The molecule has 1 heterocycles. The zero-order chi connectivity index (χ0) is 15.9. The number of imidazole rings is 1. The minimum absolute atomic E-state index is 0.658. The van der Waals surface area contributed by atoms with Crippen LogP contribution in [0.4, 0.5) is 0 Å². The molecule has 0 saturated carbocycles. The molecule has 23 heavy (non-hydrogen) atoms. The lowest BCUT2D eigenvalue weighted by molar-refractivity contribution is 0.298. The van der Waals surface area contributed by atoms with E-state index < -0.39 is 0 Å². The van der Waals surface area contributed by atoms with Crippen molar-refractivity contribution < 1.29 is 4.74 Å². The van der Waals surface area contributed by atoms with E-state index in [-0.39, 0.29) is 0 Å². The fraction of sp³-hybridized carbons (Fsp3) is 0.350. The van der Waals surface area contributed by atoms with Gasteiger partial charge in [0.05, 0.1) is 17.6 Å². The van der Waals surface area contributed by atoms with Crippen molar-refractivity contribution in [3.63, 3.8) is 0 Å². The first kappa shape index (κ1) is 15.6. The molecule has 0 bridgehead atoms. The molecule has 0 N–H and O–H groups in total. The molecule has 0 spiro atoms. The van der Waals surface area contributed by atoms with Crippen LogP contribution in [0.15, 0.2) is 54.6 Å². The van der Waals surface area contributed by atoms with Gasteiger partial charge in [-0.05, 0) is 30.7 Å². The van der Waals surface area contributed by atoms with Gasteiger partial charge in [0.15, 0.2) is 0 Å². The van der Waals surface area contributed by atoms with E-state index in [1.165, 1.54) is 30.6 Å². The lowest BCUT2D eigenvalue weighted by Crippen LogP contribution is -2.11. The highest BCUT2D eigenvalue weighted by atomic mass is 16.5. The van der Waals surface area contributed by atoms with Crippen molar-refractivity contribution in [2.24, 2.45) is 0 Å². The fourth-order valence-electron chi connectivity index (χ4n) is 2.87. The van der Waals surface area contributed by atoms with Gasteiger partial charge in [0.1, 0.15) is 18.2 Å². The Kier molecular flexibility index (Phi) is 5.30. The van der Waals surface area contributed by atoms with Crippen molar-refractivity contribution in [1.82, 2.24) is 9.55 Å². The van der Waals surface area contributed by atoms with Gasteiger partial charge >= 0.3 is 0 Å². The van der Waals surface area contributed by atoms with Crippen molar-refractivity contribution in [3.05, 3.63) is 60.4 Å². The van der Waals surface area contributed by atoms with E-state index in [4.69, 9.17) is 9.72 Å². The number of ether oxygens (including phenoxy) is 1. The summed E-state index contributed by atoms with van der Waals surface area (Å²) in [7, 11) is 0. The molecule has 2 aromatic carbocycles. The molecule has 0 amide bonds. The van der Waals surface area contributed by atoms with Crippen molar-refractivity contribution in [2.75, 3.05) is 6.61 Å². The van der Waals surface area contributed by atoms with Crippen molar-refractivity contribution in [1.29, 1.82) is 0 Å². The summed E-state index contributed by atoms with van der Waals surface area (Å²) in [6.45, 7) is 3.72. The Morgan fingerprint density at radius 3 is 2.57 bits per heavy atom. The minimum atomic E-state index is 0.658. The molecule has 0 aliphatic rings. The van der Waals surface area contributed by atoms with Gasteiger partial charge in [0.2, 0.25) is 0 Å². The van der Waals surface area contributed by atoms with Gasteiger partial charge in [-0.1, -0.05) is 50.1 Å². The first-order valence-corrected chi connectivity index (χ1v) is 8.50. The van der Waals surface area contributed by atoms with Gasteiger partial charge in [-0.25, -0.2) is 4.98 Å². The van der Waals surface area contributed by atoms with E-state index in [2.05, 4.69) is 35.8 Å². The third-order valence-corrected chi connectivity index (χ3v) is 4.06. The normalized spacial score (nSPS) is 11.0. The predicted molar refractivity (Wildman–Crippen MR) is 94.9 cm³/mol. The first-order valence-electron chi connectivity index (χ1n) is 8.50. The lowest BCUT2D eigenvalue weighted by Gasteiger charge is -2.11. The van der Waals surface area contributed by atoms with Crippen LogP contribution in [-0.4, -0.2) is 16.2 Å². The molecule has 0 radical (unpaired) electrons. The maximum Gasteiger partial charge on any atom is 0.119 e. The molecule has 0 unspecified atom stereocenters. The number of hydrogen-bond donors (Lipinski definition) is 0. The Hall–Kier alpha value is -2.29. The van der Waals surface area contributed by atoms with Gasteiger partial charge in [-0.15, -0.1) is 0 Å². The molecule has 0 saturated heterocycles. The van der Waals surface area contributed by atoms with E-state index in [9.17, 15) is 0 Å². The highest BCUT2D eigenvalue weighted by Gasteiger charge is 2.10. The number of para-hydroxylation sites is 3. The second-order valence-corrected chi connectivity index (χ2v) is 5.79. The van der Waals surface area contributed by atoms with E-state index in [0.717, 1.165) is 24.2 Å². The van der Waals surface area contributed by atoms with Gasteiger partial charge in [-0.3, -0.25) is 0 Å². The standard InChI is InChI=1S/C20H24N2O/c1-2-3-5-14-20-21-18-12-8-9-13-19(18)22(20)15-16-23-17-10-6-4-7-11-17/h4,6-13H,2-3,5,14-16H2,1H3. The van der Waals surface area contributed by atoms with Gasteiger partial charge in [-0.2, -0.15) is 0 Å². The number of unbranched alkanes of at least 4 members (excludes halogenated alkanes) is 2. The second kappa shape index (κ2) is 7.82. The highest BCUT2D eigenvalue weighted by molar-refractivity contribution is 5.75. The molecule has 0 aliphatic carbocycles. The summed E-state index contributed by atoms with van der Waals surface area (Å²) < 4.78 is 8.17. The number of benzene rings is 2. The largest absolute Gasteiger partial charge is 0.492 e. The van der Waals surface area contributed by atoms with Gasteiger partial charge < -0.3 is 9.30 Å². The third kappa shape index (κ3) is 3.92. The maximum atomic E-state index is 5.86. The molecular weight excluding hydrogens is 284 g/mol. The van der Waals surface area contributed by atoms with E-state index >= 15 is 0 Å². The summed E-state index contributed by atoms with van der Waals surface area (Å²) in [6.07, 6.45) is 4.72. The summed E-state index contributed by atoms with van der Waals surface area (Å²) in [5.41, 5.74) is 2.29. The van der Waals surface area contributed by atoms with Crippen molar-refractivity contribution in [3.8, 4) is 5.75 Å². The molecule has 0 atom stereocenters. The number of rotatable bonds is 8. The smallest absolute Gasteiger partial charge is 0.119 e. The quantitative estimate of drug-likeness (QED) is 0.556. The first-order chi connectivity index (χ1) is 11.4.